The summed E-state index contributed by atoms with van der Waals surface area (Å²) >= 11 is 0. The van der Waals surface area contributed by atoms with Crippen LogP contribution in [0.15, 0.2) is 0 Å². The van der Waals surface area contributed by atoms with Gasteiger partial charge in [-0.2, -0.15) is 0 Å². The van der Waals surface area contributed by atoms with Gasteiger partial charge in [0.05, 0.1) is 12.7 Å². The number of fused-ring (bicyclic) bond motifs is 1. The van der Waals surface area contributed by atoms with Crippen LogP contribution in [0.4, 0.5) is 0 Å². The Morgan fingerprint density at radius 1 is 1.36 bits per heavy atom. The summed E-state index contributed by atoms with van der Waals surface area (Å²) < 4.78 is 5.31. The molecule has 3 unspecified atom stereocenters. The van der Waals surface area contributed by atoms with E-state index < -0.39 is 0 Å². The molecule has 3 heteroatoms. The van der Waals surface area contributed by atoms with Gasteiger partial charge in [0, 0.05) is 18.6 Å². The van der Waals surface area contributed by atoms with Gasteiger partial charge in [-0.25, -0.2) is 0 Å². The summed E-state index contributed by atoms with van der Waals surface area (Å²) in [4.78, 5) is 0. The van der Waals surface area contributed by atoms with Gasteiger partial charge in [0.15, 0.2) is 0 Å². The summed E-state index contributed by atoms with van der Waals surface area (Å²) in [6, 6.07) is 0.410. The molecule has 0 aromatic heterocycles. The third kappa shape index (κ3) is 1.41. The molecule has 0 saturated carbocycles. The molecule has 0 aromatic rings. The lowest BCUT2D eigenvalue weighted by Gasteiger charge is -2.39. The predicted molar refractivity (Wildman–Crippen MR) is 41.3 cm³/mol. The van der Waals surface area contributed by atoms with E-state index in [9.17, 15) is 5.11 Å². The lowest BCUT2D eigenvalue weighted by Crippen LogP contribution is -2.53. The highest BCUT2D eigenvalue weighted by Gasteiger charge is 2.33. The topological polar surface area (TPSA) is 41.5 Å². The highest BCUT2D eigenvalue weighted by atomic mass is 16.5. The molecule has 2 rings (SSSR count). The Kier molecular flexibility index (Phi) is 2.11. The van der Waals surface area contributed by atoms with E-state index in [2.05, 4.69) is 5.32 Å². The van der Waals surface area contributed by atoms with Gasteiger partial charge in [0.1, 0.15) is 0 Å². The first kappa shape index (κ1) is 7.53. The molecule has 2 saturated heterocycles. The molecule has 2 aliphatic rings. The molecule has 64 valence electrons. The third-order valence-corrected chi connectivity index (χ3v) is 2.75. The molecule has 11 heavy (non-hydrogen) atoms. The minimum absolute atomic E-state index is 0.0925. The Labute approximate surface area is 66.7 Å². The Hall–Kier alpha value is -0.120. The average Bonchev–Trinajstić information content (AvgIpc) is 2.06. The Morgan fingerprint density at radius 2 is 2.27 bits per heavy atom. The molecule has 0 amide bonds. The van der Waals surface area contributed by atoms with E-state index in [0.29, 0.717) is 12.0 Å². The minimum atomic E-state index is -0.0925. The van der Waals surface area contributed by atoms with Gasteiger partial charge in [0.2, 0.25) is 0 Å². The summed E-state index contributed by atoms with van der Waals surface area (Å²) in [5.41, 5.74) is 0. The first-order valence-corrected chi connectivity index (χ1v) is 4.37. The van der Waals surface area contributed by atoms with Crippen LogP contribution in [0.2, 0.25) is 0 Å². The van der Waals surface area contributed by atoms with E-state index in [1.165, 1.54) is 0 Å². The molecule has 2 aliphatic heterocycles. The van der Waals surface area contributed by atoms with Crippen LogP contribution in [0.25, 0.3) is 0 Å². The fourth-order valence-corrected chi connectivity index (χ4v) is 2.06. The largest absolute Gasteiger partial charge is 0.393 e. The fourth-order valence-electron chi connectivity index (χ4n) is 2.06. The first-order valence-electron chi connectivity index (χ1n) is 4.37. The van der Waals surface area contributed by atoms with Crippen molar-refractivity contribution in [3.63, 3.8) is 0 Å². The van der Waals surface area contributed by atoms with Gasteiger partial charge in [-0.15, -0.1) is 0 Å². The highest BCUT2D eigenvalue weighted by molar-refractivity contribution is 4.88. The zero-order valence-electron chi connectivity index (χ0n) is 6.62. The smallest absolute Gasteiger partial charge is 0.0623 e. The fraction of sp³-hybridized carbons (Fsp3) is 1.00. The summed E-state index contributed by atoms with van der Waals surface area (Å²) in [7, 11) is 0. The number of aliphatic hydroxyl groups excluding tert-OH is 1. The third-order valence-electron chi connectivity index (χ3n) is 2.75. The summed E-state index contributed by atoms with van der Waals surface area (Å²) in [6.07, 6.45) is 1.82. The van der Waals surface area contributed by atoms with Crippen molar-refractivity contribution < 1.29 is 9.84 Å². The van der Waals surface area contributed by atoms with Crippen molar-refractivity contribution in [3.8, 4) is 0 Å². The molecule has 0 aromatic carbocycles. The second-order valence-corrected chi connectivity index (χ2v) is 3.44. The number of hydrogen-bond donors (Lipinski definition) is 2. The second-order valence-electron chi connectivity index (χ2n) is 3.44. The summed E-state index contributed by atoms with van der Waals surface area (Å²) in [5.74, 6) is 0.442. The van der Waals surface area contributed by atoms with Crippen molar-refractivity contribution in [2.24, 2.45) is 5.92 Å². The van der Waals surface area contributed by atoms with Gasteiger partial charge >= 0.3 is 0 Å². The second kappa shape index (κ2) is 3.09. The van der Waals surface area contributed by atoms with Gasteiger partial charge in [0.25, 0.3) is 0 Å². The molecule has 2 N–H and O–H groups in total. The van der Waals surface area contributed by atoms with Crippen LogP contribution in [0, 0.1) is 5.92 Å². The molecular weight excluding hydrogens is 142 g/mol. The van der Waals surface area contributed by atoms with E-state index in [1.807, 2.05) is 0 Å². The van der Waals surface area contributed by atoms with Crippen LogP contribution in [0.1, 0.15) is 12.8 Å². The van der Waals surface area contributed by atoms with E-state index in [4.69, 9.17) is 4.74 Å². The van der Waals surface area contributed by atoms with Crippen LogP contribution in [0.5, 0.6) is 0 Å². The number of aliphatic hydroxyl groups is 1. The molecule has 2 fully saturated rings. The molecule has 3 nitrogen and oxygen atoms in total. The maximum atomic E-state index is 9.61. The van der Waals surface area contributed by atoms with Gasteiger partial charge < -0.3 is 15.2 Å². The van der Waals surface area contributed by atoms with Crippen LogP contribution in [0.3, 0.4) is 0 Å². The van der Waals surface area contributed by atoms with E-state index >= 15 is 0 Å². The maximum Gasteiger partial charge on any atom is 0.0623 e. The number of hydrogen-bond acceptors (Lipinski definition) is 3. The summed E-state index contributed by atoms with van der Waals surface area (Å²) in [6.45, 7) is 2.54. The lowest BCUT2D eigenvalue weighted by molar-refractivity contribution is -0.0373. The van der Waals surface area contributed by atoms with Crippen molar-refractivity contribution in [2.75, 3.05) is 19.8 Å². The molecule has 3 atom stereocenters. The quantitative estimate of drug-likeness (QED) is 0.509. The van der Waals surface area contributed by atoms with Crippen LogP contribution < -0.4 is 5.32 Å². The van der Waals surface area contributed by atoms with E-state index in [1.54, 1.807) is 0 Å². The number of ether oxygens (including phenoxy) is 1. The Balaban J connectivity index is 1.99. The van der Waals surface area contributed by atoms with Gasteiger partial charge in [-0.3, -0.25) is 0 Å². The SMILES string of the molecule is OC1CCNC2COCCC12. The minimum Gasteiger partial charge on any atom is -0.393 e. The molecule has 0 radical (unpaired) electrons. The first-order chi connectivity index (χ1) is 5.38. The van der Waals surface area contributed by atoms with Gasteiger partial charge in [-0.1, -0.05) is 0 Å². The lowest BCUT2D eigenvalue weighted by atomic mass is 9.85. The molecular formula is C8H15NO2. The standard InChI is InChI=1S/C8H15NO2/c10-8-1-3-9-7-5-11-4-2-6(7)8/h6-10H,1-5H2. The number of piperidine rings is 1. The average molecular weight is 157 g/mol. The number of nitrogens with one attached hydrogen (secondary N) is 1. The van der Waals surface area contributed by atoms with Gasteiger partial charge in [-0.05, 0) is 19.4 Å². The number of rotatable bonds is 0. The van der Waals surface area contributed by atoms with Crippen molar-refractivity contribution in [1.29, 1.82) is 0 Å². The van der Waals surface area contributed by atoms with Crippen molar-refractivity contribution in [1.82, 2.24) is 5.32 Å². The van der Waals surface area contributed by atoms with Crippen LogP contribution in [-0.4, -0.2) is 37.0 Å². The van der Waals surface area contributed by atoms with Crippen LogP contribution >= 0.6 is 0 Å². The Morgan fingerprint density at radius 3 is 3.09 bits per heavy atom. The normalized spacial score (nSPS) is 45.0. The van der Waals surface area contributed by atoms with Crippen molar-refractivity contribution in [3.05, 3.63) is 0 Å². The highest BCUT2D eigenvalue weighted by Crippen LogP contribution is 2.24. The van der Waals surface area contributed by atoms with Crippen LogP contribution in [-0.2, 0) is 4.74 Å². The summed E-state index contributed by atoms with van der Waals surface area (Å²) in [5, 5.41) is 13.0. The predicted octanol–water partition coefficient (Wildman–Crippen LogP) is -0.254. The van der Waals surface area contributed by atoms with E-state index in [-0.39, 0.29) is 6.10 Å². The maximum absolute atomic E-state index is 9.61. The zero-order valence-corrected chi connectivity index (χ0v) is 6.62. The molecule has 0 aliphatic carbocycles. The Bertz CT molecular complexity index is 138. The zero-order chi connectivity index (χ0) is 7.68. The molecule has 0 spiro atoms. The van der Waals surface area contributed by atoms with Crippen molar-refractivity contribution >= 4 is 0 Å². The molecule has 0 bridgehead atoms. The van der Waals surface area contributed by atoms with Crippen molar-refractivity contribution in [2.45, 2.75) is 25.0 Å². The molecule has 2 heterocycles. The monoisotopic (exact) mass is 157 g/mol. The van der Waals surface area contributed by atoms with E-state index in [0.717, 1.165) is 32.6 Å².